The number of aryl methyl sites for hydroxylation is 1. The number of fused-ring (bicyclic) bond motifs is 4. The Morgan fingerprint density at radius 1 is 0.414 bits per heavy atom. The number of anilines is 2. The number of aromatic hydroxyl groups is 2. The number of primary amides is 1. The van der Waals surface area contributed by atoms with Gasteiger partial charge in [-0.05, 0) is 339 Å². The Kier molecular flexibility index (Phi) is 32.6. The van der Waals surface area contributed by atoms with E-state index in [0.29, 0.717) is 51.7 Å². The number of aromatic nitrogens is 1. The summed E-state index contributed by atoms with van der Waals surface area (Å²) >= 11 is 0. The summed E-state index contributed by atoms with van der Waals surface area (Å²) in [5, 5.41) is 37.8. The van der Waals surface area contributed by atoms with Crippen molar-refractivity contribution in [1.82, 2.24) is 20.1 Å². The maximum Gasteiger partial charge on any atom is 0.256 e. The summed E-state index contributed by atoms with van der Waals surface area (Å²) < 4.78 is 108. The first kappa shape index (κ1) is 102. The zero-order chi connectivity index (χ0) is 101. The van der Waals surface area contributed by atoms with E-state index in [9.17, 15) is 51.4 Å². The lowest BCUT2D eigenvalue weighted by Gasteiger charge is -2.14. The number of likely N-dealkylation sites (N-methyl/N-ethyl adjacent to an activating group) is 1. The molecule has 726 valence electrons. The number of nitrogens with two attached hydrogens (primary N) is 2. The van der Waals surface area contributed by atoms with Crippen LogP contribution >= 0.6 is 0 Å². The first-order chi connectivity index (χ1) is 67.1. The van der Waals surface area contributed by atoms with Crippen LogP contribution in [0.5, 0.6) is 69.0 Å². The highest BCUT2D eigenvalue weighted by Crippen LogP contribution is 2.52. The Morgan fingerprint density at radius 2 is 0.750 bits per heavy atom. The molecule has 0 spiro atoms. The standard InChI is InChI=1S/C28H28FN3O4.C28H27NO5.C27H24FNO4.C27H33N3O6S/c1-16-21(10-17-11-24(35-3)27(28(30)34)25(12-17)36-4)20-8-7-18(29)13-23(20)22(16)14-26(33)31-15-19-6-5-9-32(19)2;1-17-22(12-18-13-25(33-3)28(31)26(14-18)34-4)21-11-10-20(32-2)15-24(21)23(17)16-27(30)29-19-8-6-5-7-9-19;1-16-21(11-17-12-24(32-2)27(31)25(13-17)33-3)20-10-9-18(28)14-23(20)22(16)15-26(30)29-19-7-5-4-6-8-19;1-16-21(10-17-11-24(35-4)27(37(28,32)33)25(12-17)36-5)20-7-6-19(34-3)13-23(20)22(16)14-26(31)29-18-8-9-30(2)15-18/h5-13H,14-15H2,1-4H3,(H2,30,34)(H,31,33);5-15,31H,16H2,1-4H3,(H,29,30);4-14,31H,15H2,1-3H3,(H,29,30);6-7,10-13,18H,8-9,14-15H2,1-5H3,(H,29,31)(H2,28,32,33)/b21-10-;22-12-;21-11-;21-10-. The minimum atomic E-state index is -4.08. The highest BCUT2D eigenvalue weighted by molar-refractivity contribution is 7.89. The molecule has 30 heteroatoms. The zero-order valence-electron chi connectivity index (χ0n) is 80.6. The fourth-order valence-corrected chi connectivity index (χ4v) is 18.6. The maximum absolute atomic E-state index is 14.2. The van der Waals surface area contributed by atoms with E-state index >= 15 is 0 Å². The van der Waals surface area contributed by atoms with Gasteiger partial charge in [-0.2, -0.15) is 0 Å². The highest BCUT2D eigenvalue weighted by Gasteiger charge is 2.34. The predicted octanol–water partition coefficient (Wildman–Crippen LogP) is 18.9. The number of allylic oxidation sites excluding steroid dienone is 8. The van der Waals surface area contributed by atoms with Gasteiger partial charge in [-0.3, -0.25) is 24.0 Å². The molecule has 1 aromatic heterocycles. The predicted molar refractivity (Wildman–Crippen MR) is 542 cm³/mol. The van der Waals surface area contributed by atoms with Crippen LogP contribution in [0.15, 0.2) is 228 Å². The number of amides is 5. The number of rotatable bonds is 29. The summed E-state index contributed by atoms with van der Waals surface area (Å²) in [5.74, 6) is 1.39. The fraction of sp³-hybridized carbons (Fsp3) is 0.227. The molecule has 4 aliphatic carbocycles. The average molecular weight is 1920 g/mol. The third-order valence-electron chi connectivity index (χ3n) is 24.8. The number of methoxy groups -OCH3 is 10. The van der Waals surface area contributed by atoms with Gasteiger partial charge in [0.05, 0.1) is 103 Å². The van der Waals surface area contributed by atoms with E-state index in [1.165, 1.54) is 81.1 Å². The van der Waals surface area contributed by atoms with Crippen molar-refractivity contribution in [3.8, 4) is 69.0 Å². The Morgan fingerprint density at radius 3 is 1.07 bits per heavy atom. The van der Waals surface area contributed by atoms with Crippen LogP contribution in [0.2, 0.25) is 0 Å². The van der Waals surface area contributed by atoms with Crippen LogP contribution in [0, 0.1) is 11.6 Å². The van der Waals surface area contributed by atoms with Gasteiger partial charge in [-0.25, -0.2) is 22.3 Å². The van der Waals surface area contributed by atoms with Gasteiger partial charge in [0, 0.05) is 42.9 Å². The third-order valence-corrected chi connectivity index (χ3v) is 25.8. The number of phenolic OH excluding ortho intramolecular Hbond substituents is 2. The van der Waals surface area contributed by atoms with Crippen molar-refractivity contribution in [3.63, 3.8) is 0 Å². The number of ether oxygens (including phenoxy) is 10. The second-order valence-electron chi connectivity index (χ2n) is 33.6. The van der Waals surface area contributed by atoms with Gasteiger partial charge in [-0.1, -0.05) is 60.7 Å². The minimum absolute atomic E-state index is 0.0227. The van der Waals surface area contributed by atoms with E-state index < -0.39 is 15.9 Å². The number of hydrogen-bond acceptors (Lipinski definition) is 20. The molecule has 1 atom stereocenters. The molecule has 27 nitrogen and oxygen atoms in total. The molecule has 16 rings (SSSR count). The SMILES string of the molecule is COc1cc(/C=C2/C(C)=C(CC(=O)NCc3cccn3C)c3cc(F)ccc32)cc(OC)c1C(N)=O.COc1cc(/C=C2/C(C)=C(CC(=O)Nc3ccccc3)c3cc(F)ccc32)cc(OC)c1O.COc1ccc2c(c1)C(CC(=O)NC1CCN(C)C1)=C(C)/C2=C/c1cc(OC)c(S(N)(=O)=O)c(OC)c1.COc1ccc2c(c1)C(CC(=O)Nc1ccccc1)=C(C)/C2=C/c1cc(OC)c(O)c(OC)c1. The van der Waals surface area contributed by atoms with E-state index in [1.54, 1.807) is 74.9 Å². The van der Waals surface area contributed by atoms with Crippen molar-refractivity contribution in [2.75, 3.05) is 102 Å². The largest absolute Gasteiger partial charge is 0.502 e. The van der Waals surface area contributed by atoms with Crippen LogP contribution in [0.3, 0.4) is 0 Å². The molecule has 10 aromatic carbocycles. The number of para-hydroxylation sites is 2. The molecular formula is C110H112F2N8O19S. The van der Waals surface area contributed by atoms with E-state index in [2.05, 4.69) is 33.2 Å². The van der Waals surface area contributed by atoms with Gasteiger partial charge in [0.25, 0.3) is 5.91 Å². The molecule has 1 aliphatic heterocycles. The highest BCUT2D eigenvalue weighted by atomic mass is 32.2. The second kappa shape index (κ2) is 44.9. The summed E-state index contributed by atoms with van der Waals surface area (Å²) in [7, 11) is 14.7. The summed E-state index contributed by atoms with van der Waals surface area (Å²) in [5.41, 5.74) is 28.6. The number of benzene rings is 10. The fourth-order valence-electron chi connectivity index (χ4n) is 17.7. The quantitative estimate of drug-likeness (QED) is 0.0216. The smallest absolute Gasteiger partial charge is 0.256 e. The van der Waals surface area contributed by atoms with Crippen LogP contribution in [0.4, 0.5) is 20.2 Å². The van der Waals surface area contributed by atoms with Gasteiger partial charge < -0.3 is 94.0 Å². The van der Waals surface area contributed by atoms with Crippen LogP contribution in [0.1, 0.15) is 143 Å². The molecule has 2 heterocycles. The lowest BCUT2D eigenvalue weighted by molar-refractivity contribution is -0.121. The Bertz CT molecular complexity index is 6950. The van der Waals surface area contributed by atoms with Gasteiger partial charge >= 0.3 is 0 Å². The van der Waals surface area contributed by atoms with Crippen molar-refractivity contribution in [3.05, 3.63) is 312 Å². The summed E-state index contributed by atoms with van der Waals surface area (Å²) in [6, 6.07) is 56.9. The first-order valence-corrected chi connectivity index (χ1v) is 46.1. The zero-order valence-corrected chi connectivity index (χ0v) is 81.5. The lowest BCUT2D eigenvalue weighted by Crippen LogP contribution is -2.36. The Labute approximate surface area is 812 Å². The number of primary sulfonamides is 1. The van der Waals surface area contributed by atoms with Crippen molar-refractivity contribution in [1.29, 1.82) is 0 Å². The minimum Gasteiger partial charge on any atom is -0.502 e. The molecule has 140 heavy (non-hydrogen) atoms. The molecule has 0 radical (unpaired) electrons. The maximum atomic E-state index is 14.2. The number of sulfonamides is 1. The molecule has 5 aliphatic rings. The van der Waals surface area contributed by atoms with Gasteiger partial charge in [-0.15, -0.1) is 0 Å². The number of halogens is 2. The van der Waals surface area contributed by atoms with Gasteiger partial charge in [0.2, 0.25) is 45.2 Å². The third kappa shape index (κ3) is 23.1. The van der Waals surface area contributed by atoms with Gasteiger partial charge in [0.1, 0.15) is 51.7 Å². The van der Waals surface area contributed by atoms with E-state index in [4.69, 9.17) is 58.2 Å². The molecule has 11 aromatic rings. The lowest BCUT2D eigenvalue weighted by atomic mass is 9.99. The van der Waals surface area contributed by atoms with E-state index in [-0.39, 0.29) is 123 Å². The normalized spacial score (nSPS) is 15.0. The van der Waals surface area contributed by atoms with Crippen LogP contribution in [0.25, 0.3) is 68.9 Å². The molecule has 10 N–H and O–H groups in total. The topological polar surface area (TPSA) is 361 Å². The summed E-state index contributed by atoms with van der Waals surface area (Å²) in [4.78, 5) is 65.4. The molecule has 1 fully saturated rings. The summed E-state index contributed by atoms with van der Waals surface area (Å²) in [6.07, 6.45) is 11.3. The van der Waals surface area contributed by atoms with E-state index in [0.717, 1.165) is 148 Å². The molecule has 1 saturated heterocycles. The molecule has 0 saturated carbocycles. The van der Waals surface area contributed by atoms with Crippen molar-refractivity contribution >= 4 is 120 Å². The second-order valence-corrected chi connectivity index (χ2v) is 35.1. The van der Waals surface area contributed by atoms with Crippen molar-refractivity contribution in [2.24, 2.45) is 17.9 Å². The molecule has 1 unspecified atom stereocenters. The van der Waals surface area contributed by atoms with Crippen LogP contribution in [-0.4, -0.2) is 155 Å². The number of nitrogens with zero attached hydrogens (tertiary/aromatic N) is 2. The van der Waals surface area contributed by atoms with Crippen molar-refractivity contribution in [2.45, 2.75) is 77.3 Å². The average Bonchev–Trinajstić information content (AvgIpc) is 1.60. The number of carbonyl (C=O) groups is 5. The summed E-state index contributed by atoms with van der Waals surface area (Å²) in [6.45, 7) is 10.0. The Balaban J connectivity index is 0.000000157. The first-order valence-electron chi connectivity index (χ1n) is 44.6. The molecule has 0 bridgehead atoms. The van der Waals surface area contributed by atoms with E-state index in [1.807, 2.05) is 179 Å². The number of likely N-dealkylation sites (tertiary alicyclic amines) is 1. The molecule has 5 amide bonds. The van der Waals surface area contributed by atoms with Crippen LogP contribution < -0.4 is 79.5 Å². The number of carbonyl (C=O) groups excluding carboxylic acids is 5. The monoisotopic (exact) mass is 1920 g/mol. The number of phenols is 2. The number of hydrogen-bond donors (Lipinski definition) is 8. The van der Waals surface area contributed by atoms with Crippen molar-refractivity contribution < 1.29 is 98.8 Å². The molecular weight excluding hydrogens is 1810 g/mol. The Hall–Kier alpha value is -15.9. The number of nitrogens with one attached hydrogen (secondary N) is 4. The van der Waals surface area contributed by atoms with Gasteiger partial charge in [0.15, 0.2) is 27.9 Å². The van der Waals surface area contributed by atoms with Crippen LogP contribution in [-0.2, 0) is 42.8 Å².